The van der Waals surface area contributed by atoms with Gasteiger partial charge in [-0.15, -0.1) is 0 Å². The van der Waals surface area contributed by atoms with Gasteiger partial charge in [0.15, 0.2) is 1.41 Å². The Labute approximate surface area is 151 Å². The first kappa shape index (κ1) is 12.8. The normalized spacial score (nSPS) is 12.4. The summed E-state index contributed by atoms with van der Waals surface area (Å²) < 4.78 is 10.7. The molecule has 0 aliphatic carbocycles. The lowest BCUT2D eigenvalue weighted by atomic mass is 10.1. The maximum absolute atomic E-state index is 8.43. The van der Waals surface area contributed by atoms with Gasteiger partial charge in [-0.1, -0.05) is 54.6 Å². The summed E-state index contributed by atoms with van der Waals surface area (Å²) in [5.74, 6) is 0. The topological polar surface area (TPSA) is 20.7 Å². The van der Waals surface area contributed by atoms with Gasteiger partial charge >= 0.3 is 0 Å². The van der Waals surface area contributed by atoms with Crippen molar-refractivity contribution in [3.63, 3.8) is 0 Å². The molecule has 0 fully saturated rings. The fourth-order valence-electron chi connectivity index (χ4n) is 4.11. The Bertz CT molecular complexity index is 1430. The summed E-state index contributed by atoms with van der Waals surface area (Å²) in [6.07, 6.45) is 0. The molecule has 0 aliphatic rings. The van der Waals surface area contributed by atoms with E-state index in [1.807, 2.05) is 18.2 Å². The van der Waals surface area contributed by atoms with Gasteiger partial charge in [0, 0.05) is 38.3 Å². The van der Waals surface area contributed by atoms with Crippen molar-refractivity contribution >= 4 is 43.6 Å². The number of fused-ring (bicyclic) bond motifs is 6. The molecule has 122 valence electrons. The molecule has 2 nitrogen and oxygen atoms in total. The highest BCUT2D eigenvalue weighted by Crippen LogP contribution is 2.34. The maximum Gasteiger partial charge on any atom is 0.167 e. The van der Waals surface area contributed by atoms with Gasteiger partial charge in [-0.05, 0) is 36.4 Å². The van der Waals surface area contributed by atoms with Crippen LogP contribution in [0.3, 0.4) is 0 Å². The van der Waals surface area contributed by atoms with Crippen LogP contribution in [0.5, 0.6) is 0 Å². The lowest BCUT2D eigenvalue weighted by Gasteiger charge is -2.08. The van der Waals surface area contributed by atoms with Gasteiger partial charge in [0.05, 0.1) is 11.0 Å². The van der Waals surface area contributed by atoms with Crippen LogP contribution in [-0.2, 0) is 0 Å². The first-order valence-corrected chi connectivity index (χ1v) is 8.84. The summed E-state index contributed by atoms with van der Waals surface area (Å²) in [5.41, 5.74) is 5.39. The van der Waals surface area contributed by atoms with E-state index < -0.39 is 0 Å². The summed E-state index contributed by atoms with van der Waals surface area (Å²) in [5, 5.41) is 4.75. The van der Waals surface area contributed by atoms with Crippen LogP contribution in [0.2, 0.25) is 1.41 Å². The number of benzene rings is 4. The molecule has 0 saturated carbocycles. The Morgan fingerprint density at radius 3 is 1.88 bits per heavy atom. The SMILES string of the molecule is [2H]n1c2ccccc2c2cc(-n3c4ccccc4c4ccccc43)ccc21. The molecule has 2 heterocycles. The third kappa shape index (κ3) is 1.76. The van der Waals surface area contributed by atoms with Crippen LogP contribution in [0.4, 0.5) is 0 Å². The zero-order chi connectivity index (χ0) is 18.0. The van der Waals surface area contributed by atoms with Crippen LogP contribution in [0.25, 0.3) is 49.3 Å². The number of aromatic amines is 1. The molecule has 1 N–H and O–H groups in total. The molecule has 2 aromatic heterocycles. The molecular formula is C24H16N2. The third-order valence-corrected chi connectivity index (χ3v) is 5.25. The summed E-state index contributed by atoms with van der Waals surface area (Å²) in [6.45, 7) is 0. The molecule has 0 aliphatic heterocycles. The number of nitrogens with zero attached hydrogens (tertiary/aromatic N) is 1. The minimum Gasteiger partial charge on any atom is -0.355 e. The van der Waals surface area contributed by atoms with Crippen molar-refractivity contribution in [3.05, 3.63) is 91.0 Å². The van der Waals surface area contributed by atoms with Gasteiger partial charge in [-0.3, -0.25) is 0 Å². The van der Waals surface area contributed by atoms with Gasteiger partial charge in [0.2, 0.25) is 0 Å². The first-order chi connectivity index (χ1) is 13.3. The summed E-state index contributed by atoms with van der Waals surface area (Å²) >= 11 is 0. The summed E-state index contributed by atoms with van der Waals surface area (Å²) in [6, 6.07) is 31.6. The van der Waals surface area contributed by atoms with Crippen LogP contribution in [0, 0.1) is 0 Å². The highest BCUT2D eigenvalue weighted by atomic mass is 15.0. The zero-order valence-corrected chi connectivity index (χ0v) is 14.1. The van der Waals surface area contributed by atoms with Crippen molar-refractivity contribution in [3.8, 4) is 5.69 Å². The van der Waals surface area contributed by atoms with Crippen molar-refractivity contribution in [2.24, 2.45) is 0 Å². The molecular weight excluding hydrogens is 316 g/mol. The maximum atomic E-state index is 8.43. The number of nitrogens with one attached hydrogen (secondary N) is 1. The van der Waals surface area contributed by atoms with E-state index in [2.05, 4.69) is 77.4 Å². The minimum atomic E-state index is 0.931. The highest BCUT2D eigenvalue weighted by molar-refractivity contribution is 6.11. The van der Waals surface area contributed by atoms with Gasteiger partial charge in [-0.2, -0.15) is 0 Å². The lowest BCUT2D eigenvalue weighted by Crippen LogP contribution is -1.93. The zero-order valence-electron chi connectivity index (χ0n) is 15.1. The number of hydrogen-bond acceptors (Lipinski definition) is 0. The number of rotatable bonds is 1. The van der Waals surface area contributed by atoms with E-state index in [0.717, 1.165) is 27.5 Å². The van der Waals surface area contributed by atoms with Crippen LogP contribution < -0.4 is 0 Å². The molecule has 0 spiro atoms. The molecule has 0 atom stereocenters. The Kier molecular flexibility index (Phi) is 2.46. The lowest BCUT2D eigenvalue weighted by molar-refractivity contribution is 1.19. The van der Waals surface area contributed by atoms with Gasteiger partial charge < -0.3 is 9.54 Å². The molecule has 0 saturated heterocycles. The van der Waals surface area contributed by atoms with E-state index in [0.29, 0.717) is 0 Å². The highest BCUT2D eigenvalue weighted by Gasteiger charge is 2.12. The van der Waals surface area contributed by atoms with Gasteiger partial charge in [-0.25, -0.2) is 0 Å². The van der Waals surface area contributed by atoms with Crippen molar-refractivity contribution in [2.75, 3.05) is 0 Å². The predicted molar refractivity (Wildman–Crippen MR) is 110 cm³/mol. The van der Waals surface area contributed by atoms with Crippen LogP contribution in [0.15, 0.2) is 91.0 Å². The van der Waals surface area contributed by atoms with E-state index in [4.69, 9.17) is 1.41 Å². The van der Waals surface area contributed by atoms with Crippen molar-refractivity contribution in [1.29, 1.82) is 0 Å². The number of hydrogen-bond donors (Lipinski definition) is 1. The van der Waals surface area contributed by atoms with Gasteiger partial charge in [0.25, 0.3) is 0 Å². The van der Waals surface area contributed by atoms with Gasteiger partial charge in [0.1, 0.15) is 0 Å². The van der Waals surface area contributed by atoms with Crippen LogP contribution in [-0.4, -0.2) is 9.54 Å². The fourth-order valence-corrected chi connectivity index (χ4v) is 4.11. The minimum absolute atomic E-state index is 0.931. The molecule has 6 aromatic rings. The van der Waals surface area contributed by atoms with E-state index >= 15 is 0 Å². The molecule has 2 heteroatoms. The molecule has 26 heavy (non-hydrogen) atoms. The molecule has 0 unspecified atom stereocenters. The number of para-hydroxylation sites is 3. The Morgan fingerprint density at radius 1 is 0.577 bits per heavy atom. The second-order valence-electron chi connectivity index (χ2n) is 6.70. The smallest absolute Gasteiger partial charge is 0.167 e. The summed E-state index contributed by atoms with van der Waals surface area (Å²) in [4.78, 5) is 1.53. The number of H-pyrrole nitrogens is 1. The number of aromatic nitrogens is 2. The molecule has 0 radical (unpaired) electrons. The predicted octanol–water partition coefficient (Wildman–Crippen LogP) is 6.42. The first-order valence-electron chi connectivity index (χ1n) is 9.29. The van der Waals surface area contributed by atoms with E-state index in [1.165, 1.54) is 26.8 Å². The Balaban J connectivity index is 1.77. The van der Waals surface area contributed by atoms with Crippen LogP contribution >= 0.6 is 0 Å². The molecule has 0 bridgehead atoms. The average molecular weight is 333 g/mol. The van der Waals surface area contributed by atoms with E-state index in [1.54, 1.807) is 0 Å². The largest absolute Gasteiger partial charge is 0.355 e. The third-order valence-electron chi connectivity index (χ3n) is 5.25. The van der Waals surface area contributed by atoms with E-state index in [9.17, 15) is 0 Å². The molecule has 4 aromatic carbocycles. The van der Waals surface area contributed by atoms with Crippen LogP contribution in [0.1, 0.15) is 0 Å². The Morgan fingerprint density at radius 2 is 1.15 bits per heavy atom. The van der Waals surface area contributed by atoms with Crippen molar-refractivity contribution in [2.45, 2.75) is 0 Å². The molecule has 0 amide bonds. The van der Waals surface area contributed by atoms with Crippen molar-refractivity contribution in [1.82, 2.24) is 9.54 Å². The Hall–Kier alpha value is -3.52. The fraction of sp³-hybridized carbons (Fsp3) is 0. The second kappa shape index (κ2) is 4.99. The molecule has 6 rings (SSSR count). The average Bonchev–Trinajstić information content (AvgIpc) is 3.21. The summed E-state index contributed by atoms with van der Waals surface area (Å²) in [7, 11) is 0. The standard InChI is InChI=1S/C24H16N2/c1-4-10-21-17(7-1)20-15-16(13-14-22(20)25-21)26-23-11-5-2-8-18(23)19-9-3-6-12-24(19)26/h1-15,25H/i/hD. The van der Waals surface area contributed by atoms with E-state index in [-0.39, 0.29) is 0 Å². The van der Waals surface area contributed by atoms with Crippen molar-refractivity contribution < 1.29 is 1.41 Å². The second-order valence-corrected chi connectivity index (χ2v) is 6.70. The monoisotopic (exact) mass is 333 g/mol. The quantitative estimate of drug-likeness (QED) is 0.358.